The van der Waals surface area contributed by atoms with Crippen LogP contribution in [-0.4, -0.2) is 35.2 Å². The van der Waals surface area contributed by atoms with Crippen LogP contribution < -0.4 is 10.2 Å². The van der Waals surface area contributed by atoms with E-state index in [1.165, 1.54) is 47.4 Å². The number of nitrogens with zero attached hydrogens (tertiary/aromatic N) is 2. The summed E-state index contributed by atoms with van der Waals surface area (Å²) in [5, 5.41) is 13.5. The van der Waals surface area contributed by atoms with Gasteiger partial charge >= 0.3 is 5.97 Å². The number of aryl methyl sites for hydroxylation is 1. The van der Waals surface area contributed by atoms with E-state index in [0.29, 0.717) is 11.3 Å². The highest BCUT2D eigenvalue weighted by atomic mass is 16.6. The normalized spacial score (nSPS) is 24.4. The number of rotatable bonds is 6. The van der Waals surface area contributed by atoms with Crippen LogP contribution in [0.4, 0.5) is 17.1 Å². The lowest BCUT2D eigenvalue weighted by Gasteiger charge is -2.19. The van der Waals surface area contributed by atoms with E-state index in [2.05, 4.69) is 5.32 Å². The molecular formula is C25H23N3O7. The molecule has 2 aliphatic carbocycles. The van der Waals surface area contributed by atoms with Crippen LogP contribution >= 0.6 is 0 Å². The second kappa shape index (κ2) is 8.61. The summed E-state index contributed by atoms with van der Waals surface area (Å²) in [7, 11) is 0. The van der Waals surface area contributed by atoms with Gasteiger partial charge in [0.15, 0.2) is 6.61 Å². The monoisotopic (exact) mass is 477 g/mol. The van der Waals surface area contributed by atoms with E-state index < -0.39 is 23.4 Å². The number of carbonyl (C=O) groups is 4. The van der Waals surface area contributed by atoms with Crippen molar-refractivity contribution in [3.05, 3.63) is 63.7 Å². The fourth-order valence-electron chi connectivity index (χ4n) is 5.71. The molecule has 35 heavy (non-hydrogen) atoms. The Labute approximate surface area is 200 Å². The number of esters is 1. The van der Waals surface area contributed by atoms with Crippen molar-refractivity contribution in [2.45, 2.75) is 26.2 Å². The van der Waals surface area contributed by atoms with Crippen molar-refractivity contribution in [3.8, 4) is 0 Å². The van der Waals surface area contributed by atoms with Crippen LogP contribution in [-0.2, 0) is 19.1 Å². The zero-order valence-corrected chi connectivity index (χ0v) is 18.9. The van der Waals surface area contributed by atoms with Crippen LogP contribution in [0.5, 0.6) is 0 Å². The lowest BCUT2D eigenvalue weighted by atomic mass is 9.81. The predicted molar refractivity (Wildman–Crippen MR) is 123 cm³/mol. The first-order chi connectivity index (χ1) is 16.7. The molecule has 3 fully saturated rings. The Kier molecular flexibility index (Phi) is 5.58. The molecule has 1 aliphatic heterocycles. The van der Waals surface area contributed by atoms with Crippen LogP contribution in [0.25, 0.3) is 0 Å². The van der Waals surface area contributed by atoms with Gasteiger partial charge in [-0.25, -0.2) is 4.79 Å². The molecular weight excluding hydrogens is 454 g/mol. The van der Waals surface area contributed by atoms with Crippen molar-refractivity contribution >= 4 is 40.8 Å². The molecule has 0 spiro atoms. The van der Waals surface area contributed by atoms with E-state index in [1.54, 1.807) is 6.92 Å². The second-order valence-corrected chi connectivity index (χ2v) is 9.33. The Hall–Kier alpha value is -4.08. The van der Waals surface area contributed by atoms with Gasteiger partial charge in [-0.05, 0) is 68.4 Å². The van der Waals surface area contributed by atoms with E-state index in [-0.39, 0.29) is 52.4 Å². The van der Waals surface area contributed by atoms with E-state index in [4.69, 9.17) is 4.74 Å². The summed E-state index contributed by atoms with van der Waals surface area (Å²) in [5.74, 6) is -1.58. The molecule has 1 saturated heterocycles. The van der Waals surface area contributed by atoms with Crippen LogP contribution in [0.1, 0.15) is 35.2 Å². The molecule has 3 aliphatic rings. The number of fused-ring (bicyclic) bond motifs is 5. The average molecular weight is 477 g/mol. The standard InChI is InChI=1S/C25H23N3O7/c1-13-2-7-17(11-19(13)28(33)34)26-20(29)12-35-25(32)14-5-8-18(9-6-14)27-23(30)21-15-3-4-16(10-15)22(21)24(27)31/h2,5-9,11,15-16,21-22H,3-4,10,12H2,1H3,(H,26,29)/t15-,16-,21-,22-/m0/s1. The summed E-state index contributed by atoms with van der Waals surface area (Å²) < 4.78 is 5.04. The van der Waals surface area contributed by atoms with Crippen molar-refractivity contribution in [1.29, 1.82) is 0 Å². The molecule has 2 bridgehead atoms. The van der Waals surface area contributed by atoms with Gasteiger partial charge in [0.1, 0.15) is 0 Å². The molecule has 10 heteroatoms. The van der Waals surface area contributed by atoms with Crippen LogP contribution in [0.15, 0.2) is 42.5 Å². The number of imide groups is 1. The summed E-state index contributed by atoms with van der Waals surface area (Å²) in [4.78, 5) is 62.1. The Morgan fingerprint density at radius 1 is 1.06 bits per heavy atom. The Balaban J connectivity index is 1.19. The molecule has 4 atom stereocenters. The van der Waals surface area contributed by atoms with E-state index >= 15 is 0 Å². The smallest absolute Gasteiger partial charge is 0.338 e. The van der Waals surface area contributed by atoms with Crippen LogP contribution in [0, 0.1) is 40.7 Å². The molecule has 5 rings (SSSR count). The highest BCUT2D eigenvalue weighted by molar-refractivity contribution is 6.22. The first-order valence-corrected chi connectivity index (χ1v) is 11.4. The number of anilines is 2. The number of nitro groups is 1. The topological polar surface area (TPSA) is 136 Å². The number of amides is 3. The van der Waals surface area contributed by atoms with Gasteiger partial charge in [0.25, 0.3) is 11.6 Å². The number of nitrogens with one attached hydrogen (secondary N) is 1. The molecule has 1 N–H and O–H groups in total. The average Bonchev–Trinajstić information content (AvgIpc) is 3.52. The SMILES string of the molecule is Cc1ccc(NC(=O)COC(=O)c2ccc(N3C(=O)[C@H]4[C@H]5CC[C@@H](C5)[C@@H]4C3=O)cc2)cc1[N+](=O)[O-]. The predicted octanol–water partition coefficient (Wildman–Crippen LogP) is 3.23. The van der Waals surface area contributed by atoms with Crippen molar-refractivity contribution in [2.24, 2.45) is 23.7 Å². The first kappa shape index (κ1) is 22.7. The highest BCUT2D eigenvalue weighted by Crippen LogP contribution is 2.56. The van der Waals surface area contributed by atoms with Crippen LogP contribution in [0.2, 0.25) is 0 Å². The summed E-state index contributed by atoms with van der Waals surface area (Å²) in [6.45, 7) is 0.999. The molecule has 0 radical (unpaired) electrons. The zero-order valence-electron chi connectivity index (χ0n) is 18.9. The molecule has 10 nitrogen and oxygen atoms in total. The lowest BCUT2D eigenvalue weighted by molar-refractivity contribution is -0.385. The maximum Gasteiger partial charge on any atom is 0.338 e. The molecule has 180 valence electrons. The quantitative estimate of drug-likeness (QED) is 0.292. The second-order valence-electron chi connectivity index (χ2n) is 9.33. The Morgan fingerprint density at radius 2 is 1.69 bits per heavy atom. The number of hydrogen-bond donors (Lipinski definition) is 1. The zero-order chi connectivity index (χ0) is 24.9. The minimum absolute atomic E-state index is 0.133. The van der Waals surface area contributed by atoms with E-state index in [1.807, 2.05) is 0 Å². The number of hydrogen-bond acceptors (Lipinski definition) is 7. The van der Waals surface area contributed by atoms with Crippen LogP contribution in [0.3, 0.4) is 0 Å². The van der Waals surface area contributed by atoms with Gasteiger partial charge in [0, 0.05) is 17.3 Å². The van der Waals surface area contributed by atoms with Gasteiger partial charge in [0.05, 0.1) is 28.0 Å². The minimum atomic E-state index is -0.754. The van der Waals surface area contributed by atoms with Crippen molar-refractivity contribution in [1.82, 2.24) is 0 Å². The van der Waals surface area contributed by atoms with Crippen molar-refractivity contribution < 1.29 is 28.8 Å². The van der Waals surface area contributed by atoms with E-state index in [9.17, 15) is 29.3 Å². The highest BCUT2D eigenvalue weighted by Gasteiger charge is 2.61. The third kappa shape index (κ3) is 3.94. The Morgan fingerprint density at radius 3 is 2.29 bits per heavy atom. The van der Waals surface area contributed by atoms with Gasteiger partial charge < -0.3 is 10.1 Å². The van der Waals surface area contributed by atoms with Gasteiger partial charge in [-0.1, -0.05) is 6.07 Å². The molecule has 1 heterocycles. The van der Waals surface area contributed by atoms with Gasteiger partial charge in [-0.2, -0.15) is 0 Å². The molecule has 0 unspecified atom stereocenters. The third-order valence-corrected chi connectivity index (χ3v) is 7.31. The summed E-state index contributed by atoms with van der Waals surface area (Å²) >= 11 is 0. The first-order valence-electron chi connectivity index (χ1n) is 11.4. The van der Waals surface area contributed by atoms with Gasteiger partial charge in [-0.15, -0.1) is 0 Å². The van der Waals surface area contributed by atoms with Crippen molar-refractivity contribution in [2.75, 3.05) is 16.8 Å². The van der Waals surface area contributed by atoms with Gasteiger partial charge in [-0.3, -0.25) is 29.4 Å². The number of carbonyl (C=O) groups excluding carboxylic acids is 4. The summed E-state index contributed by atoms with van der Waals surface area (Å²) in [6.07, 6.45) is 2.95. The minimum Gasteiger partial charge on any atom is -0.452 e. The number of ether oxygens (including phenoxy) is 1. The fraction of sp³-hybridized carbons (Fsp3) is 0.360. The molecule has 2 aromatic carbocycles. The fourth-order valence-corrected chi connectivity index (χ4v) is 5.71. The van der Waals surface area contributed by atoms with Gasteiger partial charge in [0.2, 0.25) is 11.8 Å². The van der Waals surface area contributed by atoms with E-state index in [0.717, 1.165) is 19.3 Å². The largest absolute Gasteiger partial charge is 0.452 e. The molecule has 2 saturated carbocycles. The molecule has 0 aromatic heterocycles. The maximum atomic E-state index is 12.9. The molecule has 2 aromatic rings. The number of benzene rings is 2. The lowest BCUT2D eigenvalue weighted by Crippen LogP contribution is -2.32. The summed E-state index contributed by atoms with van der Waals surface area (Å²) in [5.41, 5.74) is 1.11. The number of nitro benzene ring substituents is 1. The third-order valence-electron chi connectivity index (χ3n) is 7.31. The maximum absolute atomic E-state index is 12.9. The Bertz CT molecular complexity index is 1230. The van der Waals surface area contributed by atoms with Crippen molar-refractivity contribution in [3.63, 3.8) is 0 Å². The molecule has 3 amide bonds. The summed E-state index contributed by atoms with van der Waals surface area (Å²) in [6, 6.07) is 10.2.